The maximum absolute atomic E-state index is 13.7. The lowest BCUT2D eigenvalue weighted by atomic mass is 9.97. The Balaban J connectivity index is 1.86. The van der Waals surface area contributed by atoms with E-state index in [0.717, 1.165) is 11.8 Å². The highest BCUT2D eigenvalue weighted by Gasteiger charge is 2.47. The second-order valence-electron chi connectivity index (χ2n) is 5.56. The van der Waals surface area contributed by atoms with Gasteiger partial charge in [0.1, 0.15) is 18.2 Å². The molecule has 1 fully saturated rings. The van der Waals surface area contributed by atoms with Crippen LogP contribution in [0.15, 0.2) is 54.6 Å². The van der Waals surface area contributed by atoms with Gasteiger partial charge >= 0.3 is 0 Å². The van der Waals surface area contributed by atoms with E-state index < -0.39 is 11.9 Å². The summed E-state index contributed by atoms with van der Waals surface area (Å²) in [5.41, 5.74) is 1.49. The number of carbonyl (C=O) groups is 1. The topological polar surface area (TPSA) is 44.8 Å². The van der Waals surface area contributed by atoms with Crippen LogP contribution in [0, 0.1) is 5.82 Å². The van der Waals surface area contributed by atoms with E-state index in [2.05, 4.69) is 0 Å². The fourth-order valence-electron chi connectivity index (χ4n) is 2.86. The summed E-state index contributed by atoms with van der Waals surface area (Å²) in [7, 11) is 0. The highest BCUT2D eigenvalue weighted by Crippen LogP contribution is 2.38. The lowest BCUT2D eigenvalue weighted by Crippen LogP contribution is -2.43. The molecule has 1 unspecified atom stereocenters. The Bertz CT molecular complexity index is 668. The molecule has 2 aromatic carbocycles. The van der Waals surface area contributed by atoms with E-state index in [1.54, 1.807) is 12.1 Å². The van der Waals surface area contributed by atoms with Gasteiger partial charge in [-0.3, -0.25) is 0 Å². The van der Waals surface area contributed by atoms with Crippen molar-refractivity contribution in [3.8, 4) is 0 Å². The van der Waals surface area contributed by atoms with E-state index in [0.29, 0.717) is 25.4 Å². The number of rotatable bonds is 7. The standard InChI is InChI=1S/C19H19FO4/c20-17-8-4-7-16(13-17)19(23-11-12-24-19)18(9-10-21)22-14-15-5-2-1-3-6-15/h1-8,10,13,18H,9,11-12,14H2. The average Bonchev–Trinajstić information content (AvgIpc) is 3.10. The first-order valence-corrected chi connectivity index (χ1v) is 7.88. The molecule has 0 aliphatic carbocycles. The molecule has 0 saturated carbocycles. The zero-order valence-electron chi connectivity index (χ0n) is 13.2. The van der Waals surface area contributed by atoms with Gasteiger partial charge in [0.25, 0.3) is 0 Å². The summed E-state index contributed by atoms with van der Waals surface area (Å²) < 4.78 is 31.2. The SMILES string of the molecule is O=CCC(OCc1ccccc1)C1(c2cccc(F)c2)OCCO1. The van der Waals surface area contributed by atoms with Gasteiger partial charge in [0.15, 0.2) is 0 Å². The molecule has 1 aliphatic rings. The van der Waals surface area contributed by atoms with E-state index in [4.69, 9.17) is 14.2 Å². The normalized spacial score (nSPS) is 17.5. The van der Waals surface area contributed by atoms with E-state index in [9.17, 15) is 9.18 Å². The van der Waals surface area contributed by atoms with Crippen LogP contribution in [0.4, 0.5) is 4.39 Å². The van der Waals surface area contributed by atoms with Gasteiger partial charge in [-0.05, 0) is 17.7 Å². The highest BCUT2D eigenvalue weighted by atomic mass is 19.1. The van der Waals surface area contributed by atoms with E-state index >= 15 is 0 Å². The van der Waals surface area contributed by atoms with Crippen molar-refractivity contribution in [3.05, 3.63) is 71.5 Å². The largest absolute Gasteiger partial charge is 0.367 e. The van der Waals surface area contributed by atoms with Crippen LogP contribution in [0.1, 0.15) is 17.5 Å². The van der Waals surface area contributed by atoms with Crippen molar-refractivity contribution in [1.82, 2.24) is 0 Å². The summed E-state index contributed by atoms with van der Waals surface area (Å²) in [6.45, 7) is 1.03. The van der Waals surface area contributed by atoms with Gasteiger partial charge in [-0.2, -0.15) is 0 Å². The van der Waals surface area contributed by atoms with Gasteiger partial charge in [-0.15, -0.1) is 0 Å². The van der Waals surface area contributed by atoms with Crippen LogP contribution in [0.3, 0.4) is 0 Å². The van der Waals surface area contributed by atoms with Crippen LogP contribution in [0.5, 0.6) is 0 Å². The van der Waals surface area contributed by atoms with Crippen molar-refractivity contribution < 1.29 is 23.4 Å². The molecule has 0 aromatic heterocycles. The van der Waals surface area contributed by atoms with Crippen LogP contribution in [-0.2, 0) is 31.4 Å². The number of benzene rings is 2. The zero-order chi connectivity index (χ0) is 16.8. The Morgan fingerprint density at radius 1 is 1.12 bits per heavy atom. The van der Waals surface area contributed by atoms with Gasteiger partial charge in [0.2, 0.25) is 5.79 Å². The summed E-state index contributed by atoms with van der Waals surface area (Å²) >= 11 is 0. The second-order valence-corrected chi connectivity index (χ2v) is 5.56. The molecule has 1 atom stereocenters. The molecule has 24 heavy (non-hydrogen) atoms. The second kappa shape index (κ2) is 7.66. The summed E-state index contributed by atoms with van der Waals surface area (Å²) in [5.74, 6) is -1.66. The average molecular weight is 330 g/mol. The molecule has 5 heteroatoms. The third-order valence-corrected chi connectivity index (χ3v) is 3.97. The Hall–Kier alpha value is -2.08. The number of ether oxygens (including phenoxy) is 3. The molecule has 126 valence electrons. The molecule has 1 heterocycles. The predicted octanol–water partition coefficient (Wildman–Crippen LogP) is 3.20. The van der Waals surface area contributed by atoms with Crippen LogP contribution < -0.4 is 0 Å². The Kier molecular flexibility index (Phi) is 5.35. The number of hydrogen-bond donors (Lipinski definition) is 0. The lowest BCUT2D eigenvalue weighted by molar-refractivity contribution is -0.245. The number of carbonyl (C=O) groups excluding carboxylic acids is 1. The maximum atomic E-state index is 13.7. The molecule has 0 amide bonds. The maximum Gasteiger partial charge on any atom is 0.222 e. The van der Waals surface area contributed by atoms with Gasteiger partial charge < -0.3 is 19.0 Å². The molecule has 0 bridgehead atoms. The molecule has 3 rings (SSSR count). The smallest absolute Gasteiger partial charge is 0.222 e. The molecule has 1 aliphatic heterocycles. The molecular weight excluding hydrogens is 311 g/mol. The highest BCUT2D eigenvalue weighted by molar-refractivity contribution is 5.51. The number of aldehydes is 1. The molecular formula is C19H19FO4. The van der Waals surface area contributed by atoms with E-state index in [1.807, 2.05) is 30.3 Å². The monoisotopic (exact) mass is 330 g/mol. The quantitative estimate of drug-likeness (QED) is 0.731. The number of hydrogen-bond acceptors (Lipinski definition) is 4. The first kappa shape index (κ1) is 16.8. The fraction of sp³-hybridized carbons (Fsp3) is 0.316. The first-order chi connectivity index (χ1) is 11.7. The van der Waals surface area contributed by atoms with Crippen molar-refractivity contribution in [2.75, 3.05) is 13.2 Å². The Labute approximate surface area is 140 Å². The molecule has 0 radical (unpaired) electrons. The van der Waals surface area contributed by atoms with Crippen molar-refractivity contribution in [3.63, 3.8) is 0 Å². The molecule has 4 nitrogen and oxygen atoms in total. The zero-order valence-corrected chi connectivity index (χ0v) is 13.2. The van der Waals surface area contributed by atoms with Gasteiger partial charge in [-0.1, -0.05) is 42.5 Å². The van der Waals surface area contributed by atoms with E-state index in [-0.39, 0.29) is 12.2 Å². The van der Waals surface area contributed by atoms with Gasteiger partial charge in [0.05, 0.1) is 19.8 Å². The predicted molar refractivity (Wildman–Crippen MR) is 85.7 cm³/mol. The first-order valence-electron chi connectivity index (χ1n) is 7.88. The minimum atomic E-state index is -1.27. The Morgan fingerprint density at radius 3 is 2.54 bits per heavy atom. The molecule has 0 N–H and O–H groups in total. The van der Waals surface area contributed by atoms with Crippen LogP contribution >= 0.6 is 0 Å². The summed E-state index contributed by atoms with van der Waals surface area (Å²) in [6.07, 6.45) is 0.185. The van der Waals surface area contributed by atoms with E-state index in [1.165, 1.54) is 12.1 Å². The van der Waals surface area contributed by atoms with Crippen LogP contribution in [0.2, 0.25) is 0 Å². The summed E-state index contributed by atoms with van der Waals surface area (Å²) in [5, 5.41) is 0. The molecule has 2 aromatic rings. The summed E-state index contributed by atoms with van der Waals surface area (Å²) in [4.78, 5) is 11.2. The minimum Gasteiger partial charge on any atom is -0.367 e. The fourth-order valence-corrected chi connectivity index (χ4v) is 2.86. The van der Waals surface area contributed by atoms with Gasteiger partial charge in [0, 0.05) is 12.0 Å². The van der Waals surface area contributed by atoms with Crippen LogP contribution in [0.25, 0.3) is 0 Å². The summed E-state index contributed by atoms with van der Waals surface area (Å²) in [6, 6.07) is 15.6. The lowest BCUT2D eigenvalue weighted by Gasteiger charge is -2.35. The third kappa shape index (κ3) is 3.53. The van der Waals surface area contributed by atoms with Crippen molar-refractivity contribution >= 4 is 6.29 Å². The minimum absolute atomic E-state index is 0.0867. The molecule has 1 saturated heterocycles. The van der Waals surface area contributed by atoms with Crippen LogP contribution in [-0.4, -0.2) is 25.6 Å². The van der Waals surface area contributed by atoms with Crippen molar-refractivity contribution in [1.29, 1.82) is 0 Å². The Morgan fingerprint density at radius 2 is 1.88 bits per heavy atom. The van der Waals surface area contributed by atoms with Crippen molar-refractivity contribution in [2.24, 2.45) is 0 Å². The van der Waals surface area contributed by atoms with Gasteiger partial charge in [-0.25, -0.2) is 4.39 Å². The number of halogens is 1. The molecule has 0 spiro atoms. The van der Waals surface area contributed by atoms with Crippen molar-refractivity contribution in [2.45, 2.75) is 24.9 Å². The third-order valence-electron chi connectivity index (χ3n) is 3.97.